The van der Waals surface area contributed by atoms with Gasteiger partial charge in [-0.1, -0.05) is 34.8 Å². The van der Waals surface area contributed by atoms with Crippen molar-refractivity contribution in [3.63, 3.8) is 0 Å². The van der Waals surface area contributed by atoms with E-state index in [1.807, 2.05) is 0 Å². The molecular formula is C19H15Cl3N2O3S. The van der Waals surface area contributed by atoms with Crippen LogP contribution in [0.4, 0.5) is 0 Å². The minimum atomic E-state index is -0.241. The molecule has 28 heavy (non-hydrogen) atoms. The van der Waals surface area contributed by atoms with Gasteiger partial charge >= 0.3 is 0 Å². The number of likely N-dealkylation sites (tertiary alicyclic amines) is 1. The monoisotopic (exact) mass is 456 g/mol. The second kappa shape index (κ2) is 7.95. The number of carbonyl (C=O) groups excluding carboxylic acids is 2. The first kappa shape index (κ1) is 19.6. The first-order chi connectivity index (χ1) is 13.4. The minimum Gasteiger partial charge on any atom is -0.459 e. The molecule has 5 nitrogen and oxygen atoms in total. The second-order valence-corrected chi connectivity index (χ2v) is 8.80. The Kier molecular flexibility index (Phi) is 5.56. The van der Waals surface area contributed by atoms with Crippen LogP contribution >= 0.6 is 46.1 Å². The van der Waals surface area contributed by atoms with Crippen molar-refractivity contribution in [2.24, 2.45) is 0 Å². The molecule has 0 saturated carbocycles. The number of carbonyl (C=O) groups is 2. The van der Waals surface area contributed by atoms with Crippen molar-refractivity contribution in [3.8, 4) is 0 Å². The Hall–Kier alpha value is -1.73. The Balaban J connectivity index is 1.42. The number of piperidine rings is 1. The van der Waals surface area contributed by atoms with E-state index < -0.39 is 0 Å². The molecule has 3 heterocycles. The third-order valence-electron chi connectivity index (χ3n) is 4.71. The summed E-state index contributed by atoms with van der Waals surface area (Å²) in [6.45, 7) is 1.10. The summed E-state index contributed by atoms with van der Waals surface area (Å²) in [6.07, 6.45) is 2.80. The third kappa shape index (κ3) is 3.74. The number of nitrogens with zero attached hydrogens (tertiary/aromatic N) is 1. The van der Waals surface area contributed by atoms with E-state index in [1.54, 1.807) is 29.2 Å². The van der Waals surface area contributed by atoms with Gasteiger partial charge in [-0.05, 0) is 37.1 Å². The SMILES string of the molecule is O=C(NC1CCN(C(=O)c2ccco2)CC1)c1sc2cc(Cl)cc(Cl)c2c1Cl. The number of hydrogen-bond donors (Lipinski definition) is 1. The van der Waals surface area contributed by atoms with E-state index in [9.17, 15) is 9.59 Å². The van der Waals surface area contributed by atoms with Gasteiger partial charge in [0.05, 0.1) is 16.3 Å². The van der Waals surface area contributed by atoms with E-state index in [2.05, 4.69) is 5.32 Å². The lowest BCUT2D eigenvalue weighted by atomic mass is 10.0. The molecule has 146 valence electrons. The zero-order valence-electron chi connectivity index (χ0n) is 14.5. The first-order valence-corrected chi connectivity index (χ1v) is 10.6. The van der Waals surface area contributed by atoms with Crippen LogP contribution in [0.15, 0.2) is 34.9 Å². The van der Waals surface area contributed by atoms with Gasteiger partial charge in [0.1, 0.15) is 4.88 Å². The van der Waals surface area contributed by atoms with Crippen molar-refractivity contribution in [1.82, 2.24) is 10.2 Å². The number of nitrogens with one attached hydrogen (secondary N) is 1. The summed E-state index contributed by atoms with van der Waals surface area (Å²) in [5.41, 5.74) is 0. The number of furan rings is 1. The van der Waals surface area contributed by atoms with Gasteiger partial charge in [-0.3, -0.25) is 9.59 Å². The van der Waals surface area contributed by atoms with E-state index in [4.69, 9.17) is 39.2 Å². The molecule has 1 aromatic carbocycles. The maximum Gasteiger partial charge on any atom is 0.289 e. The molecule has 1 N–H and O–H groups in total. The number of hydrogen-bond acceptors (Lipinski definition) is 4. The zero-order valence-corrected chi connectivity index (χ0v) is 17.6. The van der Waals surface area contributed by atoms with E-state index in [-0.39, 0.29) is 17.9 Å². The molecule has 2 aromatic heterocycles. The molecule has 3 aromatic rings. The van der Waals surface area contributed by atoms with Crippen LogP contribution in [0.2, 0.25) is 15.1 Å². The summed E-state index contributed by atoms with van der Waals surface area (Å²) in [5, 5.41) is 4.91. The van der Waals surface area contributed by atoms with Crippen LogP contribution in [-0.4, -0.2) is 35.8 Å². The van der Waals surface area contributed by atoms with E-state index in [0.717, 1.165) is 4.70 Å². The molecule has 1 aliphatic rings. The molecule has 4 rings (SSSR count). The van der Waals surface area contributed by atoms with Gasteiger partial charge in [0.2, 0.25) is 0 Å². The number of thiophene rings is 1. The number of rotatable bonds is 3. The fourth-order valence-electron chi connectivity index (χ4n) is 3.29. The van der Waals surface area contributed by atoms with Crippen molar-refractivity contribution in [1.29, 1.82) is 0 Å². The topological polar surface area (TPSA) is 62.6 Å². The Morgan fingerprint density at radius 2 is 1.93 bits per heavy atom. The van der Waals surface area contributed by atoms with Crippen LogP contribution in [0.25, 0.3) is 10.1 Å². The average Bonchev–Trinajstić information content (AvgIpc) is 3.30. The molecule has 0 radical (unpaired) electrons. The summed E-state index contributed by atoms with van der Waals surface area (Å²) in [7, 11) is 0. The lowest BCUT2D eigenvalue weighted by molar-refractivity contribution is 0.0667. The van der Waals surface area contributed by atoms with Crippen LogP contribution in [-0.2, 0) is 0 Å². The summed E-state index contributed by atoms with van der Waals surface area (Å²) < 4.78 is 5.93. The maximum atomic E-state index is 12.7. The maximum absolute atomic E-state index is 12.7. The quantitative estimate of drug-likeness (QED) is 0.566. The van der Waals surface area contributed by atoms with Crippen LogP contribution in [0.1, 0.15) is 33.1 Å². The van der Waals surface area contributed by atoms with Crippen molar-refractivity contribution in [3.05, 3.63) is 56.2 Å². The molecule has 0 unspecified atom stereocenters. The van der Waals surface area contributed by atoms with Gasteiger partial charge in [0.15, 0.2) is 5.76 Å². The third-order valence-corrected chi connectivity index (χ3v) is 6.85. The summed E-state index contributed by atoms with van der Waals surface area (Å²) in [4.78, 5) is 27.2. The molecule has 1 saturated heterocycles. The van der Waals surface area contributed by atoms with Crippen molar-refractivity contribution >= 4 is 68.0 Å². The van der Waals surface area contributed by atoms with Gasteiger partial charge in [0, 0.05) is 34.2 Å². The van der Waals surface area contributed by atoms with Crippen LogP contribution in [0.3, 0.4) is 0 Å². The highest BCUT2D eigenvalue weighted by Crippen LogP contribution is 2.41. The normalized spacial score (nSPS) is 15.2. The standard InChI is InChI=1S/C19H15Cl3N2O3S/c20-10-8-12(21)15-14(9-10)28-17(16(15)22)18(25)23-11-3-5-24(6-4-11)19(26)13-2-1-7-27-13/h1-2,7-9,11H,3-6H2,(H,23,25). The van der Waals surface area contributed by atoms with Gasteiger partial charge in [-0.15, -0.1) is 11.3 Å². The average molecular weight is 458 g/mol. The molecule has 0 atom stereocenters. The zero-order chi connectivity index (χ0) is 19.8. The van der Waals surface area contributed by atoms with E-state index in [0.29, 0.717) is 57.0 Å². The summed E-state index contributed by atoms with van der Waals surface area (Å²) >= 11 is 19.9. The van der Waals surface area contributed by atoms with Crippen LogP contribution in [0.5, 0.6) is 0 Å². The highest BCUT2D eigenvalue weighted by molar-refractivity contribution is 7.21. The number of benzene rings is 1. The number of amides is 2. The van der Waals surface area contributed by atoms with Gasteiger partial charge in [0.25, 0.3) is 11.8 Å². The first-order valence-electron chi connectivity index (χ1n) is 8.64. The summed E-state index contributed by atoms with van der Waals surface area (Å²) in [6, 6.07) is 6.66. The minimum absolute atomic E-state index is 0.0338. The smallest absolute Gasteiger partial charge is 0.289 e. The molecule has 0 bridgehead atoms. The van der Waals surface area contributed by atoms with Crippen molar-refractivity contribution in [2.45, 2.75) is 18.9 Å². The lowest BCUT2D eigenvalue weighted by Gasteiger charge is -2.31. The Bertz CT molecular complexity index is 1040. The van der Waals surface area contributed by atoms with Gasteiger partial charge < -0.3 is 14.6 Å². The second-order valence-electron chi connectivity index (χ2n) is 6.52. The van der Waals surface area contributed by atoms with Crippen LogP contribution in [0, 0.1) is 0 Å². The highest BCUT2D eigenvalue weighted by Gasteiger charge is 2.27. The van der Waals surface area contributed by atoms with Crippen molar-refractivity contribution in [2.75, 3.05) is 13.1 Å². The highest BCUT2D eigenvalue weighted by atomic mass is 35.5. The predicted molar refractivity (Wildman–Crippen MR) is 112 cm³/mol. The van der Waals surface area contributed by atoms with Crippen molar-refractivity contribution < 1.29 is 14.0 Å². The molecule has 0 spiro atoms. The van der Waals surface area contributed by atoms with Gasteiger partial charge in [-0.25, -0.2) is 0 Å². The van der Waals surface area contributed by atoms with E-state index in [1.165, 1.54) is 17.6 Å². The molecule has 0 aliphatic carbocycles. The molecular weight excluding hydrogens is 443 g/mol. The fourth-order valence-corrected chi connectivity index (χ4v) is 5.57. The van der Waals surface area contributed by atoms with Crippen LogP contribution < -0.4 is 5.32 Å². The number of fused-ring (bicyclic) bond motifs is 1. The molecule has 2 amide bonds. The predicted octanol–water partition coefficient (Wildman–Crippen LogP) is 5.49. The fraction of sp³-hybridized carbons (Fsp3) is 0.263. The summed E-state index contributed by atoms with van der Waals surface area (Å²) in [5.74, 6) is -0.0434. The van der Waals surface area contributed by atoms with Gasteiger partial charge in [-0.2, -0.15) is 0 Å². The molecule has 9 heteroatoms. The number of halogens is 3. The lowest BCUT2D eigenvalue weighted by Crippen LogP contribution is -2.46. The Labute approximate surface area is 180 Å². The Morgan fingerprint density at radius 3 is 2.61 bits per heavy atom. The molecule has 1 aliphatic heterocycles. The molecule has 1 fully saturated rings. The van der Waals surface area contributed by atoms with E-state index >= 15 is 0 Å². The Morgan fingerprint density at radius 1 is 1.18 bits per heavy atom. The largest absolute Gasteiger partial charge is 0.459 e.